The number of nitrogens with two attached hydrogens (primary N) is 1. The van der Waals surface area contributed by atoms with Crippen LogP contribution in [-0.2, 0) is 17.7 Å². The van der Waals surface area contributed by atoms with Gasteiger partial charge in [0.05, 0.1) is 6.10 Å². The molecule has 0 fully saturated rings. The summed E-state index contributed by atoms with van der Waals surface area (Å²) < 4.78 is 6.00. The molecule has 2 aliphatic rings. The summed E-state index contributed by atoms with van der Waals surface area (Å²) in [4.78, 5) is 0. The van der Waals surface area contributed by atoms with Gasteiger partial charge in [0, 0.05) is 25.4 Å². The quantitative estimate of drug-likeness (QED) is 0.147. The number of ether oxygens (including phenoxy) is 1. The van der Waals surface area contributed by atoms with Crippen molar-refractivity contribution in [2.24, 2.45) is 11.7 Å². The van der Waals surface area contributed by atoms with E-state index in [2.05, 4.69) is 94.2 Å². The van der Waals surface area contributed by atoms with Gasteiger partial charge in [-0.25, -0.2) is 0 Å². The van der Waals surface area contributed by atoms with Gasteiger partial charge in [-0.1, -0.05) is 105 Å². The molecule has 3 atom stereocenters. The molecule has 2 aromatic rings. The van der Waals surface area contributed by atoms with Crippen molar-refractivity contribution < 1.29 is 4.74 Å². The zero-order valence-corrected chi connectivity index (χ0v) is 26.2. The van der Waals surface area contributed by atoms with Crippen LogP contribution in [0.3, 0.4) is 0 Å². The zero-order chi connectivity index (χ0) is 29.9. The Morgan fingerprint density at radius 3 is 2.46 bits per heavy atom. The lowest BCUT2D eigenvalue weighted by Gasteiger charge is -2.28. The number of nitrogens with one attached hydrogen (secondary N) is 1. The first kappa shape index (κ1) is 34.1. The predicted octanol–water partition coefficient (Wildman–Crippen LogP) is 9.20. The summed E-state index contributed by atoms with van der Waals surface area (Å²) >= 11 is 0. The first-order valence-corrected chi connectivity index (χ1v) is 15.5. The van der Waals surface area contributed by atoms with Crippen LogP contribution in [0.1, 0.15) is 82.9 Å². The summed E-state index contributed by atoms with van der Waals surface area (Å²) in [6.07, 6.45) is 18.9. The molecule has 0 aliphatic heterocycles. The minimum Gasteiger partial charge on any atom is -0.385 e. The molecule has 3 heteroatoms. The number of benzene rings is 2. The third-order valence-electron chi connectivity index (χ3n) is 7.63. The molecule has 3 N–H and O–H groups in total. The molecule has 2 aromatic carbocycles. The molecule has 0 saturated heterocycles. The standard InChI is InChI=1S/C21H33NO.C10H12.C7H9N/c1-6-12-17(3)18(4)13-9-8-10-16-23-19(5)20-14-11-15-21(20)22-7-2;1-2-8-7-9-5-3-4-6-10(8)9;8-6-7-4-2-1-3-5-7/h6,9,11-13,15,18-19,22H,3,7-8,10,14,16H2,1-2,4-5H3;3-6,8H,2,7H2,1H3;1-5H,6,8H2/b12-6-,13-9-;;. The number of hydrogen-bond acceptors (Lipinski definition) is 3. The van der Waals surface area contributed by atoms with Crippen molar-refractivity contribution in [2.75, 3.05) is 13.2 Å². The maximum atomic E-state index is 6.00. The Balaban J connectivity index is 0.000000263. The molecule has 0 bridgehead atoms. The molecule has 4 rings (SSSR count). The second-order valence-electron chi connectivity index (χ2n) is 10.7. The minimum atomic E-state index is 0.191. The number of allylic oxidation sites excluding steroid dienone is 7. The van der Waals surface area contributed by atoms with Crippen molar-refractivity contribution in [1.29, 1.82) is 0 Å². The fourth-order valence-corrected chi connectivity index (χ4v) is 4.96. The van der Waals surface area contributed by atoms with Crippen LogP contribution in [0.15, 0.2) is 114 Å². The van der Waals surface area contributed by atoms with Crippen LogP contribution in [0.5, 0.6) is 0 Å². The van der Waals surface area contributed by atoms with Gasteiger partial charge in [-0.15, -0.1) is 0 Å². The van der Waals surface area contributed by atoms with Gasteiger partial charge in [0.25, 0.3) is 0 Å². The molecule has 3 nitrogen and oxygen atoms in total. The molecule has 0 saturated carbocycles. The van der Waals surface area contributed by atoms with E-state index in [-0.39, 0.29) is 6.10 Å². The van der Waals surface area contributed by atoms with Crippen molar-refractivity contribution >= 4 is 0 Å². The Bertz CT molecular complexity index is 1140. The largest absolute Gasteiger partial charge is 0.385 e. The van der Waals surface area contributed by atoms with Gasteiger partial charge in [-0.3, -0.25) is 0 Å². The second-order valence-corrected chi connectivity index (χ2v) is 10.7. The molecule has 0 spiro atoms. The van der Waals surface area contributed by atoms with Crippen LogP contribution in [0, 0.1) is 5.92 Å². The van der Waals surface area contributed by atoms with Crippen molar-refractivity contribution in [3.8, 4) is 0 Å². The maximum Gasteiger partial charge on any atom is 0.0782 e. The molecule has 0 heterocycles. The first-order chi connectivity index (χ1) is 19.9. The maximum absolute atomic E-state index is 6.00. The van der Waals surface area contributed by atoms with Crippen LogP contribution >= 0.6 is 0 Å². The van der Waals surface area contributed by atoms with Crippen molar-refractivity contribution in [3.63, 3.8) is 0 Å². The van der Waals surface area contributed by atoms with E-state index in [1.165, 1.54) is 29.7 Å². The lowest BCUT2D eigenvalue weighted by molar-refractivity contribution is 0.0866. The van der Waals surface area contributed by atoms with Crippen LogP contribution < -0.4 is 11.1 Å². The molecule has 2 aliphatic carbocycles. The predicted molar refractivity (Wildman–Crippen MR) is 179 cm³/mol. The van der Waals surface area contributed by atoms with E-state index >= 15 is 0 Å². The van der Waals surface area contributed by atoms with E-state index in [9.17, 15) is 0 Å². The van der Waals surface area contributed by atoms with Crippen LogP contribution in [0.25, 0.3) is 0 Å². The minimum absolute atomic E-state index is 0.191. The molecular formula is C38H54N2O. The monoisotopic (exact) mass is 554 g/mol. The van der Waals surface area contributed by atoms with Gasteiger partial charge in [-0.2, -0.15) is 0 Å². The Labute approximate surface area is 251 Å². The number of rotatable bonds is 13. The normalized spacial score (nSPS) is 16.8. The summed E-state index contributed by atoms with van der Waals surface area (Å²) in [6, 6.07) is 18.8. The van der Waals surface area contributed by atoms with Crippen LogP contribution in [0.2, 0.25) is 0 Å². The smallest absolute Gasteiger partial charge is 0.0782 e. The number of likely N-dealkylation sites (N-methyl/N-ethyl adjacent to an activating group) is 1. The Morgan fingerprint density at radius 2 is 1.83 bits per heavy atom. The molecule has 222 valence electrons. The highest BCUT2D eigenvalue weighted by atomic mass is 16.5. The summed E-state index contributed by atoms with van der Waals surface area (Å²) in [5, 5.41) is 3.41. The summed E-state index contributed by atoms with van der Waals surface area (Å²) in [7, 11) is 0. The molecule has 0 amide bonds. The third kappa shape index (κ3) is 12.1. The van der Waals surface area contributed by atoms with Gasteiger partial charge in [0.15, 0.2) is 0 Å². The van der Waals surface area contributed by atoms with E-state index in [1.54, 1.807) is 11.1 Å². The molecule has 0 radical (unpaired) electrons. The second kappa shape index (κ2) is 19.9. The number of hydrogen-bond donors (Lipinski definition) is 2. The van der Waals surface area contributed by atoms with E-state index in [0.29, 0.717) is 12.5 Å². The molecular weight excluding hydrogens is 500 g/mol. The Hall–Kier alpha value is -3.14. The van der Waals surface area contributed by atoms with Gasteiger partial charge < -0.3 is 15.8 Å². The zero-order valence-electron chi connectivity index (χ0n) is 26.2. The SMILES string of the molecule is C=C(/C=C\C)C(C)/C=C\CCCOC(C)C1=C(NCC)C=CC1.CCC1Cc2ccccc21.NCc1ccccc1. The average Bonchev–Trinajstić information content (AvgIpc) is 3.45. The Kier molecular flexibility index (Phi) is 16.5. The highest BCUT2D eigenvalue weighted by Crippen LogP contribution is 2.36. The van der Waals surface area contributed by atoms with Gasteiger partial charge >= 0.3 is 0 Å². The summed E-state index contributed by atoms with van der Waals surface area (Å²) in [5.74, 6) is 1.28. The van der Waals surface area contributed by atoms with E-state index in [0.717, 1.165) is 43.9 Å². The fourth-order valence-electron chi connectivity index (χ4n) is 4.96. The lowest BCUT2D eigenvalue weighted by Crippen LogP contribution is -2.18. The summed E-state index contributed by atoms with van der Waals surface area (Å²) in [5.41, 5.74) is 13.5. The first-order valence-electron chi connectivity index (χ1n) is 15.5. The van der Waals surface area contributed by atoms with Crippen molar-refractivity contribution in [1.82, 2.24) is 5.32 Å². The van der Waals surface area contributed by atoms with Crippen LogP contribution in [-0.4, -0.2) is 19.3 Å². The number of fused-ring (bicyclic) bond motifs is 1. The highest BCUT2D eigenvalue weighted by molar-refractivity contribution is 5.39. The van der Waals surface area contributed by atoms with Gasteiger partial charge in [0.2, 0.25) is 0 Å². The van der Waals surface area contributed by atoms with Crippen molar-refractivity contribution in [2.45, 2.75) is 85.3 Å². The average molecular weight is 555 g/mol. The lowest BCUT2D eigenvalue weighted by atomic mass is 9.76. The molecule has 41 heavy (non-hydrogen) atoms. The fraction of sp³-hybridized carbons (Fsp3) is 0.421. The topological polar surface area (TPSA) is 47.3 Å². The van der Waals surface area contributed by atoms with Gasteiger partial charge in [-0.05, 0) is 98.6 Å². The van der Waals surface area contributed by atoms with E-state index in [4.69, 9.17) is 10.5 Å². The third-order valence-corrected chi connectivity index (χ3v) is 7.63. The van der Waals surface area contributed by atoms with E-state index in [1.807, 2.05) is 43.3 Å². The summed E-state index contributed by atoms with van der Waals surface area (Å²) in [6.45, 7) is 17.2. The number of unbranched alkanes of at least 4 members (excludes halogenated alkanes) is 1. The van der Waals surface area contributed by atoms with Crippen LogP contribution in [0.4, 0.5) is 0 Å². The molecule has 3 unspecified atom stereocenters. The van der Waals surface area contributed by atoms with Gasteiger partial charge in [0.1, 0.15) is 0 Å². The van der Waals surface area contributed by atoms with E-state index < -0.39 is 0 Å². The highest BCUT2D eigenvalue weighted by Gasteiger charge is 2.22. The van der Waals surface area contributed by atoms with Crippen molar-refractivity contribution in [3.05, 3.63) is 131 Å². The Morgan fingerprint density at radius 1 is 1.10 bits per heavy atom. The molecule has 0 aromatic heterocycles.